The van der Waals surface area contributed by atoms with Gasteiger partial charge in [-0.3, -0.25) is 9.59 Å². The lowest BCUT2D eigenvalue weighted by Crippen LogP contribution is -2.56. The predicted molar refractivity (Wildman–Crippen MR) is 170 cm³/mol. The average Bonchev–Trinajstić information content (AvgIpc) is 3.01. The van der Waals surface area contributed by atoms with Gasteiger partial charge in [-0.2, -0.15) is 0 Å². The Morgan fingerprint density at radius 2 is 1.66 bits per heavy atom. The van der Waals surface area contributed by atoms with E-state index < -0.39 is 48.3 Å². The molecule has 1 aliphatic rings. The van der Waals surface area contributed by atoms with Gasteiger partial charge in [-0.15, -0.1) is 24.7 Å². The molecule has 0 aliphatic heterocycles. The molecule has 0 bridgehead atoms. The van der Waals surface area contributed by atoms with Gasteiger partial charge < -0.3 is 35.4 Å². The molecular formula is C34H50N4O6. The molecule has 0 radical (unpaired) electrons. The second-order valence-electron chi connectivity index (χ2n) is 11.9. The zero-order valence-corrected chi connectivity index (χ0v) is 26.4. The molecule has 2 rings (SSSR count). The number of carbonyl (C=O) groups is 3. The van der Waals surface area contributed by atoms with Gasteiger partial charge in [0.2, 0.25) is 5.91 Å². The topological polar surface area (TPSA) is 131 Å². The Bertz CT molecular complexity index is 1110. The third-order valence-electron chi connectivity index (χ3n) is 7.98. The summed E-state index contributed by atoms with van der Waals surface area (Å²) in [4.78, 5) is 43.3. The van der Waals surface area contributed by atoms with Crippen molar-refractivity contribution in [2.24, 2.45) is 5.92 Å². The van der Waals surface area contributed by atoms with Crippen molar-refractivity contribution in [3.8, 4) is 24.7 Å². The smallest absolute Gasteiger partial charge is 0.410 e. The second kappa shape index (κ2) is 19.7. The highest BCUT2D eigenvalue weighted by atomic mass is 16.6. The molecule has 0 spiro atoms. The maximum Gasteiger partial charge on any atom is 0.410 e. The first-order chi connectivity index (χ1) is 21.0. The van der Waals surface area contributed by atoms with Gasteiger partial charge >= 0.3 is 6.09 Å². The minimum Gasteiger partial charge on any atom is -0.436 e. The summed E-state index contributed by atoms with van der Waals surface area (Å²) in [5.74, 6) is 3.92. The normalized spacial score (nSPS) is 16.8. The first-order valence-corrected chi connectivity index (χ1v) is 15.5. The lowest BCUT2D eigenvalue weighted by atomic mass is 9.82. The summed E-state index contributed by atoms with van der Waals surface area (Å²) in [7, 11) is 5.37. The highest BCUT2D eigenvalue weighted by molar-refractivity contribution is 5.90. The minimum absolute atomic E-state index is 0.0920. The molecule has 4 N–H and O–H groups in total. The van der Waals surface area contributed by atoms with E-state index in [4.69, 9.17) is 17.6 Å². The molecule has 0 heterocycles. The van der Waals surface area contributed by atoms with Crippen LogP contribution in [0.15, 0.2) is 30.3 Å². The molecule has 5 atom stereocenters. The molecule has 1 aliphatic carbocycles. The number of amides is 3. The summed E-state index contributed by atoms with van der Waals surface area (Å²) < 4.78 is 5.64. The molecule has 242 valence electrons. The number of hydrogen-bond acceptors (Lipinski definition) is 7. The van der Waals surface area contributed by atoms with Crippen molar-refractivity contribution in [2.75, 3.05) is 34.2 Å². The number of aliphatic hydroxyl groups is 2. The number of nitrogens with zero attached hydrogens (tertiary/aromatic N) is 2. The van der Waals surface area contributed by atoms with Crippen LogP contribution in [0.3, 0.4) is 0 Å². The number of benzene rings is 1. The van der Waals surface area contributed by atoms with E-state index in [9.17, 15) is 24.6 Å². The van der Waals surface area contributed by atoms with Gasteiger partial charge in [-0.25, -0.2) is 4.79 Å². The molecular weight excluding hydrogens is 560 g/mol. The highest BCUT2D eigenvalue weighted by Gasteiger charge is 2.34. The Morgan fingerprint density at radius 3 is 2.27 bits per heavy atom. The predicted octanol–water partition coefficient (Wildman–Crippen LogP) is 2.33. The third kappa shape index (κ3) is 13.0. The standard InChI is InChI=1S/C34H50N4O6/c1-6-8-20-29(39)31(40)28(23-25-16-11-9-12-17-25)36-32(41)27(15-7-2)35-33(42)30(24-26-18-13-10-14-19-26)44-34(43)38(5)22-21-37(3)4/h1-2,10,13-14,18-19,25,27-31,39-40H,8-9,11-12,15-17,20-24H2,3-5H3,(H,35,42)(H,36,41)/t27-,28-,29-,30-,31+/m0/s1. The number of ether oxygens (including phenoxy) is 1. The van der Waals surface area contributed by atoms with Crippen molar-refractivity contribution >= 4 is 17.9 Å². The largest absolute Gasteiger partial charge is 0.436 e. The summed E-state index contributed by atoms with van der Waals surface area (Å²) in [5.41, 5.74) is 0.769. The number of likely N-dealkylation sites (N-methyl/N-ethyl adjacent to an activating group) is 2. The fourth-order valence-corrected chi connectivity index (χ4v) is 5.28. The van der Waals surface area contributed by atoms with Crippen LogP contribution in [-0.2, 0) is 20.7 Å². The maximum atomic E-state index is 13.6. The summed E-state index contributed by atoms with van der Waals surface area (Å²) >= 11 is 0. The molecule has 3 amide bonds. The quantitative estimate of drug-likeness (QED) is 0.199. The van der Waals surface area contributed by atoms with E-state index in [0.717, 1.165) is 37.7 Å². The van der Waals surface area contributed by atoms with Gasteiger partial charge in [-0.1, -0.05) is 62.4 Å². The van der Waals surface area contributed by atoms with Crippen LogP contribution in [0.2, 0.25) is 0 Å². The van der Waals surface area contributed by atoms with Crippen LogP contribution < -0.4 is 10.6 Å². The molecule has 1 saturated carbocycles. The Hall–Kier alpha value is -3.57. The van der Waals surface area contributed by atoms with E-state index in [2.05, 4.69) is 22.5 Å². The van der Waals surface area contributed by atoms with Crippen LogP contribution in [-0.4, -0.2) is 103 Å². The molecule has 44 heavy (non-hydrogen) atoms. The van der Waals surface area contributed by atoms with Gasteiger partial charge in [0.15, 0.2) is 6.10 Å². The van der Waals surface area contributed by atoms with Crippen molar-refractivity contribution in [2.45, 2.75) is 94.6 Å². The van der Waals surface area contributed by atoms with Crippen molar-refractivity contribution in [3.05, 3.63) is 35.9 Å². The fourth-order valence-electron chi connectivity index (χ4n) is 5.28. The number of rotatable bonds is 17. The number of hydrogen-bond donors (Lipinski definition) is 4. The van der Waals surface area contributed by atoms with E-state index in [0.29, 0.717) is 19.5 Å². The van der Waals surface area contributed by atoms with Gasteiger partial charge in [0.25, 0.3) is 5.91 Å². The maximum absolute atomic E-state index is 13.6. The highest BCUT2D eigenvalue weighted by Crippen LogP contribution is 2.28. The third-order valence-corrected chi connectivity index (χ3v) is 7.98. The van der Waals surface area contributed by atoms with Gasteiger partial charge in [0.05, 0.1) is 12.1 Å². The van der Waals surface area contributed by atoms with Gasteiger partial charge in [0, 0.05) is 39.4 Å². The summed E-state index contributed by atoms with van der Waals surface area (Å²) in [6, 6.07) is 7.20. The van der Waals surface area contributed by atoms with Crippen molar-refractivity contribution in [1.29, 1.82) is 0 Å². The minimum atomic E-state index is -1.25. The average molecular weight is 611 g/mol. The van der Waals surface area contributed by atoms with Gasteiger partial charge in [-0.05, 0) is 38.4 Å². The van der Waals surface area contributed by atoms with Crippen molar-refractivity contribution < 1.29 is 29.3 Å². The van der Waals surface area contributed by atoms with Crippen LogP contribution in [0.1, 0.15) is 63.4 Å². The Labute approximate surface area is 262 Å². The van der Waals surface area contributed by atoms with Crippen LogP contribution in [0.4, 0.5) is 4.79 Å². The van der Waals surface area contributed by atoms with E-state index in [1.165, 1.54) is 4.90 Å². The zero-order chi connectivity index (χ0) is 32.5. The van der Waals surface area contributed by atoms with E-state index >= 15 is 0 Å². The van der Waals surface area contributed by atoms with Crippen molar-refractivity contribution in [1.82, 2.24) is 20.4 Å². The van der Waals surface area contributed by atoms with Crippen LogP contribution in [0.5, 0.6) is 0 Å². The lowest BCUT2D eigenvalue weighted by molar-refractivity contribution is -0.135. The van der Waals surface area contributed by atoms with E-state index in [1.807, 2.05) is 49.3 Å². The van der Waals surface area contributed by atoms with Crippen LogP contribution in [0.25, 0.3) is 0 Å². The first kappa shape index (κ1) is 36.6. The fraction of sp³-hybridized carbons (Fsp3) is 0.618. The second-order valence-corrected chi connectivity index (χ2v) is 11.9. The molecule has 10 heteroatoms. The molecule has 1 aromatic carbocycles. The number of nitrogens with one attached hydrogen (secondary N) is 2. The van der Waals surface area contributed by atoms with E-state index in [1.54, 1.807) is 7.05 Å². The molecule has 1 aromatic rings. The number of aliphatic hydroxyl groups excluding tert-OH is 2. The molecule has 1 fully saturated rings. The Balaban J connectivity index is 2.21. The first-order valence-electron chi connectivity index (χ1n) is 15.5. The molecule has 0 saturated heterocycles. The number of terminal acetylenes is 2. The lowest BCUT2D eigenvalue weighted by Gasteiger charge is -2.33. The SMILES string of the molecule is C#CCC[C@H](O)[C@H](O)[C@H](CC1CCCCC1)NC(=O)[C@H](CC#C)NC(=O)[C@H](Cc1ccccc1)OC(=O)N(C)CCN(C)C. The Kier molecular flexibility index (Phi) is 16.4. The number of carbonyl (C=O) groups excluding carboxylic acids is 3. The van der Waals surface area contributed by atoms with Gasteiger partial charge in [0.1, 0.15) is 12.1 Å². The van der Waals surface area contributed by atoms with Crippen molar-refractivity contribution in [3.63, 3.8) is 0 Å². The zero-order valence-electron chi connectivity index (χ0n) is 26.4. The Morgan fingerprint density at radius 1 is 0.977 bits per heavy atom. The molecule has 0 aromatic heterocycles. The summed E-state index contributed by atoms with van der Waals surface area (Å²) in [6.45, 7) is 1.00. The van der Waals surface area contributed by atoms with E-state index in [-0.39, 0.29) is 31.6 Å². The summed E-state index contributed by atoms with van der Waals surface area (Å²) in [5, 5.41) is 27.2. The monoisotopic (exact) mass is 610 g/mol. The van der Waals surface area contributed by atoms with Crippen LogP contribution in [0, 0.1) is 30.6 Å². The van der Waals surface area contributed by atoms with Crippen LogP contribution >= 0.6 is 0 Å². The molecule has 0 unspecified atom stereocenters. The molecule has 10 nitrogen and oxygen atoms in total. The summed E-state index contributed by atoms with van der Waals surface area (Å²) in [6.07, 6.45) is 12.8.